The van der Waals surface area contributed by atoms with Gasteiger partial charge in [-0.15, -0.1) is 11.3 Å². The number of aromatic nitrogens is 3. The average molecular weight is 326 g/mol. The number of nitrogens with one attached hydrogen (secondary N) is 1. The van der Waals surface area contributed by atoms with Gasteiger partial charge in [-0.1, -0.05) is 6.92 Å². The second-order valence-electron chi connectivity index (χ2n) is 5.37. The Bertz CT molecular complexity index is 748. The van der Waals surface area contributed by atoms with Crippen LogP contribution in [0.15, 0.2) is 17.3 Å². The molecule has 0 radical (unpaired) electrons. The van der Waals surface area contributed by atoms with Gasteiger partial charge in [0, 0.05) is 17.6 Å². The van der Waals surface area contributed by atoms with Crippen LogP contribution in [-0.2, 0) is 29.4 Å². The molecule has 2 heterocycles. The molecule has 0 unspecified atom stereocenters. The number of hydrogen-bond acceptors (Lipinski definition) is 5. The normalized spacial score (nSPS) is 18.5. The summed E-state index contributed by atoms with van der Waals surface area (Å²) in [5, 5.41) is 4.45. The van der Waals surface area contributed by atoms with Crippen molar-refractivity contribution in [2.24, 2.45) is 5.92 Å². The third-order valence-electron chi connectivity index (χ3n) is 3.65. The first-order valence-corrected chi connectivity index (χ1v) is 9.31. The summed E-state index contributed by atoms with van der Waals surface area (Å²) in [4.78, 5) is 5.80. The predicted molar refractivity (Wildman–Crippen MR) is 82.0 cm³/mol. The van der Waals surface area contributed by atoms with E-state index in [1.54, 1.807) is 4.68 Å². The highest BCUT2D eigenvalue weighted by atomic mass is 32.2. The third kappa shape index (κ3) is 2.96. The molecule has 1 aliphatic carbocycles. The van der Waals surface area contributed by atoms with Gasteiger partial charge in [-0.2, -0.15) is 5.10 Å². The summed E-state index contributed by atoms with van der Waals surface area (Å²) in [6.45, 7) is 4.76. The minimum atomic E-state index is -3.60. The molecule has 6 nitrogen and oxygen atoms in total. The fourth-order valence-corrected chi connectivity index (χ4v) is 4.77. The second kappa shape index (κ2) is 5.42. The summed E-state index contributed by atoms with van der Waals surface area (Å²) >= 11 is 1.44. The molecule has 0 bridgehead atoms. The molecule has 0 spiro atoms. The summed E-state index contributed by atoms with van der Waals surface area (Å²) in [7, 11) is -3.60. The van der Waals surface area contributed by atoms with Crippen LogP contribution in [0.1, 0.15) is 30.8 Å². The molecule has 8 heteroatoms. The standard InChI is InChI=1S/C13H18N4O2S2/c1-3-17-8-10(7-14-17)21(18,19)16-13-15-11-5-4-9(2)6-12(11)20-13/h7-9H,3-6H2,1-2H3,(H,15,16)/t9-/m1/s1. The predicted octanol–water partition coefficient (Wildman–Crippen LogP) is 2.29. The summed E-state index contributed by atoms with van der Waals surface area (Å²) in [5.41, 5.74) is 1.04. The van der Waals surface area contributed by atoms with E-state index in [-0.39, 0.29) is 4.90 Å². The maximum absolute atomic E-state index is 12.3. The lowest BCUT2D eigenvalue weighted by Crippen LogP contribution is -2.12. The molecule has 0 amide bonds. The second-order valence-corrected chi connectivity index (χ2v) is 8.14. The van der Waals surface area contributed by atoms with E-state index < -0.39 is 10.0 Å². The zero-order valence-corrected chi connectivity index (χ0v) is 13.7. The van der Waals surface area contributed by atoms with Crippen molar-refractivity contribution in [3.05, 3.63) is 23.0 Å². The molecule has 0 saturated heterocycles. The maximum atomic E-state index is 12.3. The number of sulfonamides is 1. The highest BCUT2D eigenvalue weighted by molar-refractivity contribution is 7.93. The van der Waals surface area contributed by atoms with Crippen LogP contribution in [0.3, 0.4) is 0 Å². The molecule has 1 atom stereocenters. The molecule has 114 valence electrons. The van der Waals surface area contributed by atoms with Crippen molar-refractivity contribution < 1.29 is 8.42 Å². The summed E-state index contributed by atoms with van der Waals surface area (Å²) < 4.78 is 28.8. The zero-order chi connectivity index (χ0) is 15.0. The molecule has 0 aliphatic heterocycles. The van der Waals surface area contributed by atoms with E-state index in [9.17, 15) is 8.42 Å². The van der Waals surface area contributed by atoms with E-state index >= 15 is 0 Å². The van der Waals surface area contributed by atoms with Gasteiger partial charge in [-0.25, -0.2) is 13.4 Å². The maximum Gasteiger partial charge on any atom is 0.266 e. The fraction of sp³-hybridized carbons (Fsp3) is 0.538. The van der Waals surface area contributed by atoms with Gasteiger partial charge in [0.15, 0.2) is 5.13 Å². The smallest absolute Gasteiger partial charge is 0.266 e. The van der Waals surface area contributed by atoms with E-state index in [2.05, 4.69) is 21.7 Å². The Kier molecular flexibility index (Phi) is 3.75. The van der Waals surface area contributed by atoms with Crippen molar-refractivity contribution in [2.75, 3.05) is 4.72 Å². The minimum absolute atomic E-state index is 0.172. The van der Waals surface area contributed by atoms with Crippen molar-refractivity contribution in [3.8, 4) is 0 Å². The monoisotopic (exact) mass is 326 g/mol. The number of thiazole rings is 1. The molecule has 0 aromatic carbocycles. The van der Waals surface area contributed by atoms with Crippen molar-refractivity contribution in [1.29, 1.82) is 0 Å². The van der Waals surface area contributed by atoms with E-state index in [1.807, 2.05) is 6.92 Å². The van der Waals surface area contributed by atoms with Crippen LogP contribution in [0.4, 0.5) is 5.13 Å². The van der Waals surface area contributed by atoms with E-state index in [1.165, 1.54) is 28.6 Å². The van der Waals surface area contributed by atoms with E-state index in [0.717, 1.165) is 25.0 Å². The molecular formula is C13H18N4O2S2. The highest BCUT2D eigenvalue weighted by Crippen LogP contribution is 2.32. The summed E-state index contributed by atoms with van der Waals surface area (Å²) in [6, 6.07) is 0. The third-order valence-corrected chi connectivity index (χ3v) is 6.11. The molecule has 1 N–H and O–H groups in total. The van der Waals surface area contributed by atoms with Gasteiger partial charge in [0.2, 0.25) is 0 Å². The van der Waals surface area contributed by atoms with Crippen molar-refractivity contribution in [1.82, 2.24) is 14.8 Å². The Morgan fingerprint density at radius 2 is 2.33 bits per heavy atom. The van der Waals surface area contributed by atoms with E-state index in [0.29, 0.717) is 17.6 Å². The lowest BCUT2D eigenvalue weighted by Gasteiger charge is -2.15. The van der Waals surface area contributed by atoms with Gasteiger partial charge in [-0.05, 0) is 32.1 Å². The zero-order valence-electron chi connectivity index (χ0n) is 12.0. The molecule has 21 heavy (non-hydrogen) atoms. The Morgan fingerprint density at radius 3 is 3.05 bits per heavy atom. The van der Waals surface area contributed by atoms with E-state index in [4.69, 9.17) is 0 Å². The molecular weight excluding hydrogens is 308 g/mol. The van der Waals surface area contributed by atoms with Gasteiger partial charge in [0.1, 0.15) is 4.90 Å². The lowest BCUT2D eigenvalue weighted by atomic mass is 9.93. The fourth-order valence-electron chi connectivity index (χ4n) is 2.41. The topological polar surface area (TPSA) is 76.9 Å². The first kappa shape index (κ1) is 14.5. The number of hydrogen-bond donors (Lipinski definition) is 1. The van der Waals surface area contributed by atoms with Crippen molar-refractivity contribution in [3.63, 3.8) is 0 Å². The number of fused-ring (bicyclic) bond motifs is 1. The average Bonchev–Trinajstić information content (AvgIpc) is 3.03. The van der Waals surface area contributed by atoms with Gasteiger partial charge < -0.3 is 0 Å². The molecule has 2 aromatic rings. The lowest BCUT2D eigenvalue weighted by molar-refractivity contribution is 0.502. The van der Waals surface area contributed by atoms with Crippen LogP contribution < -0.4 is 4.72 Å². The first-order chi connectivity index (χ1) is 9.98. The number of anilines is 1. The van der Waals surface area contributed by atoms with Crippen LogP contribution in [-0.4, -0.2) is 23.2 Å². The minimum Gasteiger partial charge on any atom is -0.272 e. The molecule has 2 aromatic heterocycles. The quantitative estimate of drug-likeness (QED) is 0.935. The Hall–Kier alpha value is -1.41. The molecule has 0 fully saturated rings. The Morgan fingerprint density at radius 1 is 1.52 bits per heavy atom. The van der Waals surface area contributed by atoms with Gasteiger partial charge in [0.25, 0.3) is 10.0 Å². The first-order valence-electron chi connectivity index (χ1n) is 7.02. The number of aryl methyl sites for hydroxylation is 2. The Balaban J connectivity index is 1.82. The van der Waals surface area contributed by atoms with Crippen LogP contribution in [0.5, 0.6) is 0 Å². The summed E-state index contributed by atoms with van der Waals surface area (Å²) in [5.74, 6) is 0.644. The molecule has 1 aliphatic rings. The molecule has 0 saturated carbocycles. The van der Waals surface area contributed by atoms with Gasteiger partial charge in [0.05, 0.1) is 11.9 Å². The van der Waals surface area contributed by atoms with Gasteiger partial charge >= 0.3 is 0 Å². The van der Waals surface area contributed by atoms with Crippen molar-refractivity contribution in [2.45, 2.75) is 44.6 Å². The Labute approximate surface area is 128 Å². The van der Waals surface area contributed by atoms with Crippen LogP contribution in [0.2, 0.25) is 0 Å². The van der Waals surface area contributed by atoms with Crippen LogP contribution >= 0.6 is 11.3 Å². The number of nitrogens with zero attached hydrogens (tertiary/aromatic N) is 3. The van der Waals surface area contributed by atoms with Crippen LogP contribution in [0.25, 0.3) is 0 Å². The van der Waals surface area contributed by atoms with Crippen LogP contribution in [0, 0.1) is 5.92 Å². The largest absolute Gasteiger partial charge is 0.272 e. The SMILES string of the molecule is CCn1cc(S(=O)(=O)Nc2nc3c(s2)C[C@H](C)CC3)cn1. The number of rotatable bonds is 4. The van der Waals surface area contributed by atoms with Gasteiger partial charge in [-0.3, -0.25) is 9.40 Å². The van der Waals surface area contributed by atoms with Crippen molar-refractivity contribution >= 4 is 26.5 Å². The highest BCUT2D eigenvalue weighted by Gasteiger charge is 2.23. The molecule has 3 rings (SSSR count). The summed E-state index contributed by atoms with van der Waals surface area (Å²) in [6.07, 6.45) is 5.93.